The van der Waals surface area contributed by atoms with E-state index in [0.717, 1.165) is 28.3 Å². The van der Waals surface area contributed by atoms with Crippen LogP contribution in [0.2, 0.25) is 0 Å². The normalized spacial score (nSPS) is 10.5. The molecule has 0 bridgehead atoms. The summed E-state index contributed by atoms with van der Waals surface area (Å²) < 4.78 is 8.77. The van der Waals surface area contributed by atoms with Gasteiger partial charge in [-0.1, -0.05) is 18.2 Å². The number of amides is 1. The molecule has 4 aromatic rings. The van der Waals surface area contributed by atoms with Crippen molar-refractivity contribution in [2.45, 2.75) is 20.8 Å². The number of hydrogen-bond acceptors (Lipinski definition) is 5. The summed E-state index contributed by atoms with van der Waals surface area (Å²) in [5.41, 5.74) is 4.88. The molecule has 0 aliphatic carbocycles. The van der Waals surface area contributed by atoms with E-state index in [9.17, 15) is 14.9 Å². The van der Waals surface area contributed by atoms with Crippen LogP contribution in [-0.2, 0) is 9.53 Å². The molecule has 0 unspecified atom stereocenters. The minimum absolute atomic E-state index is 0.318. The summed E-state index contributed by atoms with van der Waals surface area (Å²) in [6.07, 6.45) is 1.70. The third-order valence-corrected chi connectivity index (χ3v) is 5.61. The molecule has 0 aliphatic rings. The summed E-state index contributed by atoms with van der Waals surface area (Å²) in [6.45, 7) is 5.16. The Morgan fingerprint density at radius 1 is 1.00 bits per heavy atom. The van der Waals surface area contributed by atoms with Gasteiger partial charge in [-0.3, -0.25) is 9.36 Å². The molecule has 0 fully saturated rings. The lowest BCUT2D eigenvalue weighted by Crippen LogP contribution is -2.23. The molecule has 8 heteroatoms. The summed E-state index contributed by atoms with van der Waals surface area (Å²) >= 11 is 0. The van der Waals surface area contributed by atoms with Crippen molar-refractivity contribution in [2.75, 3.05) is 11.9 Å². The van der Waals surface area contributed by atoms with Crippen molar-refractivity contribution in [3.63, 3.8) is 0 Å². The molecule has 34 heavy (non-hydrogen) atoms. The van der Waals surface area contributed by atoms with Gasteiger partial charge in [0.1, 0.15) is 11.9 Å². The number of nitriles is 1. The third-order valence-electron chi connectivity index (χ3n) is 5.61. The molecule has 2 aromatic carbocycles. The highest BCUT2D eigenvalue weighted by Gasteiger charge is 2.21. The van der Waals surface area contributed by atoms with Crippen molar-refractivity contribution in [3.05, 3.63) is 94.9 Å². The number of rotatable bonds is 6. The van der Waals surface area contributed by atoms with E-state index in [4.69, 9.17) is 4.74 Å². The molecule has 0 atom stereocenters. The summed E-state index contributed by atoms with van der Waals surface area (Å²) in [6, 6.07) is 20.2. The Labute approximate surface area is 197 Å². The molecule has 1 amide bonds. The molecule has 2 aromatic heterocycles. The van der Waals surface area contributed by atoms with E-state index in [2.05, 4.69) is 16.5 Å². The molecular formula is C26H23N5O3. The maximum atomic E-state index is 12.6. The molecule has 4 rings (SSSR count). The number of aromatic nitrogens is 3. The van der Waals surface area contributed by atoms with E-state index in [1.807, 2.05) is 61.7 Å². The molecular weight excluding hydrogens is 430 g/mol. The second-order valence-electron chi connectivity index (χ2n) is 7.77. The minimum atomic E-state index is -0.620. The van der Waals surface area contributed by atoms with Crippen LogP contribution in [0, 0.1) is 32.1 Å². The average molecular weight is 454 g/mol. The molecule has 1 N–H and O–H groups in total. The number of carbonyl (C=O) groups is 2. The van der Waals surface area contributed by atoms with Crippen LogP contribution < -0.4 is 5.32 Å². The monoisotopic (exact) mass is 453 g/mol. The summed E-state index contributed by atoms with van der Waals surface area (Å²) in [5, 5.41) is 16.6. The van der Waals surface area contributed by atoms with Gasteiger partial charge in [-0.15, -0.1) is 0 Å². The van der Waals surface area contributed by atoms with Gasteiger partial charge in [0.05, 0.1) is 16.8 Å². The Hall–Kier alpha value is -4.64. The molecule has 0 spiro atoms. The summed E-state index contributed by atoms with van der Waals surface area (Å²) in [7, 11) is 0. The van der Waals surface area contributed by atoms with Gasteiger partial charge in [0.15, 0.2) is 6.61 Å². The molecule has 170 valence electrons. The quantitative estimate of drug-likeness (QED) is 0.440. The number of nitrogens with zero attached hydrogens (tertiary/aromatic N) is 4. The number of esters is 1. The van der Waals surface area contributed by atoms with Gasteiger partial charge >= 0.3 is 5.97 Å². The van der Waals surface area contributed by atoms with Crippen LogP contribution in [0.3, 0.4) is 0 Å². The van der Waals surface area contributed by atoms with E-state index in [-0.39, 0.29) is 0 Å². The highest BCUT2D eigenvalue weighted by molar-refractivity contribution is 5.96. The van der Waals surface area contributed by atoms with Crippen LogP contribution >= 0.6 is 0 Å². The number of nitrogens with one attached hydrogen (secondary N) is 1. The van der Waals surface area contributed by atoms with Crippen LogP contribution in [0.15, 0.2) is 66.9 Å². The lowest BCUT2D eigenvalue weighted by molar-refractivity contribution is -0.119. The Bertz CT molecular complexity index is 1390. The highest BCUT2D eigenvalue weighted by atomic mass is 16.5. The number of aryl methyl sites for hydroxylation is 1. The van der Waals surface area contributed by atoms with E-state index in [1.54, 1.807) is 35.1 Å². The second-order valence-corrected chi connectivity index (χ2v) is 7.77. The number of carbonyl (C=O) groups excluding carboxylic acids is 2. The van der Waals surface area contributed by atoms with Crippen molar-refractivity contribution < 1.29 is 14.3 Å². The first kappa shape index (κ1) is 22.6. The van der Waals surface area contributed by atoms with E-state index >= 15 is 0 Å². The Balaban J connectivity index is 1.47. The SMILES string of the molecule is Cc1c(C#N)c(NC(=O)COC(=O)c2ccc(-n3nccc3C)cc2)n(-c2ccccc2)c1C. The van der Waals surface area contributed by atoms with Crippen molar-refractivity contribution in [1.82, 2.24) is 14.3 Å². The van der Waals surface area contributed by atoms with E-state index in [0.29, 0.717) is 16.9 Å². The Morgan fingerprint density at radius 2 is 1.71 bits per heavy atom. The fraction of sp³-hybridized carbons (Fsp3) is 0.154. The smallest absolute Gasteiger partial charge is 0.338 e. The topological polar surface area (TPSA) is 102 Å². The number of hydrogen-bond donors (Lipinski definition) is 1. The van der Waals surface area contributed by atoms with Crippen LogP contribution in [0.4, 0.5) is 5.82 Å². The zero-order valence-electron chi connectivity index (χ0n) is 19.1. The Kier molecular flexibility index (Phi) is 6.28. The fourth-order valence-corrected chi connectivity index (χ4v) is 3.72. The van der Waals surface area contributed by atoms with Gasteiger partial charge in [-0.25, -0.2) is 9.48 Å². The van der Waals surface area contributed by atoms with Gasteiger partial charge in [-0.2, -0.15) is 10.4 Å². The van der Waals surface area contributed by atoms with Crippen molar-refractivity contribution in [1.29, 1.82) is 5.26 Å². The first-order chi connectivity index (χ1) is 16.4. The predicted molar refractivity (Wildman–Crippen MR) is 127 cm³/mol. The first-order valence-electron chi connectivity index (χ1n) is 10.7. The maximum absolute atomic E-state index is 12.6. The van der Waals surface area contributed by atoms with Crippen molar-refractivity contribution >= 4 is 17.7 Å². The summed E-state index contributed by atoms with van der Waals surface area (Å²) in [4.78, 5) is 25.1. The highest BCUT2D eigenvalue weighted by Crippen LogP contribution is 2.29. The number of ether oxygens (including phenoxy) is 1. The second kappa shape index (κ2) is 9.46. The first-order valence-corrected chi connectivity index (χ1v) is 10.7. The van der Waals surface area contributed by atoms with Gasteiger partial charge in [0, 0.05) is 23.3 Å². The molecule has 8 nitrogen and oxygen atoms in total. The van der Waals surface area contributed by atoms with Gasteiger partial charge in [0.2, 0.25) is 0 Å². The van der Waals surface area contributed by atoms with E-state index in [1.165, 1.54) is 0 Å². The maximum Gasteiger partial charge on any atom is 0.338 e. The number of para-hydroxylation sites is 1. The molecule has 2 heterocycles. The Morgan fingerprint density at radius 3 is 2.32 bits per heavy atom. The van der Waals surface area contributed by atoms with Gasteiger partial charge < -0.3 is 10.1 Å². The zero-order valence-corrected chi connectivity index (χ0v) is 19.1. The molecule has 0 saturated heterocycles. The van der Waals surface area contributed by atoms with Crippen LogP contribution in [0.5, 0.6) is 0 Å². The zero-order chi connectivity index (χ0) is 24.2. The average Bonchev–Trinajstić information content (AvgIpc) is 3.38. The van der Waals surface area contributed by atoms with Crippen LogP contribution in [0.25, 0.3) is 11.4 Å². The molecule has 0 radical (unpaired) electrons. The number of anilines is 1. The minimum Gasteiger partial charge on any atom is -0.452 e. The fourth-order valence-electron chi connectivity index (χ4n) is 3.72. The molecule has 0 aliphatic heterocycles. The lowest BCUT2D eigenvalue weighted by atomic mass is 10.2. The standard InChI is InChI=1S/C26H23N5O3/c1-17-13-14-28-31(17)22-11-9-20(10-12-22)26(33)34-16-24(32)29-25-23(15-27)18(2)19(3)30(25)21-7-5-4-6-8-21/h4-14H,16H2,1-3H3,(H,29,32). The lowest BCUT2D eigenvalue weighted by Gasteiger charge is -2.13. The van der Waals surface area contributed by atoms with Crippen molar-refractivity contribution in [3.8, 4) is 17.4 Å². The van der Waals surface area contributed by atoms with E-state index < -0.39 is 18.5 Å². The molecule has 0 saturated carbocycles. The van der Waals surface area contributed by atoms with Crippen LogP contribution in [0.1, 0.15) is 32.9 Å². The summed E-state index contributed by atoms with van der Waals surface area (Å²) in [5.74, 6) is -0.808. The van der Waals surface area contributed by atoms with Crippen molar-refractivity contribution in [2.24, 2.45) is 0 Å². The van der Waals surface area contributed by atoms with Gasteiger partial charge in [-0.05, 0) is 68.8 Å². The predicted octanol–water partition coefficient (Wildman–Crippen LogP) is 4.26. The number of benzene rings is 2. The van der Waals surface area contributed by atoms with Crippen LogP contribution in [-0.4, -0.2) is 32.8 Å². The third kappa shape index (κ3) is 4.32. The van der Waals surface area contributed by atoms with Gasteiger partial charge in [0.25, 0.3) is 5.91 Å². The largest absolute Gasteiger partial charge is 0.452 e.